The molecule has 8 heteroatoms. The largest absolute Gasteiger partial charge is 0.377 e. The number of carbonyl (C=O) groups is 1. The maximum Gasteiger partial charge on any atom is 0.272 e. The van der Waals surface area contributed by atoms with Crippen LogP contribution in [0, 0.1) is 13.8 Å². The van der Waals surface area contributed by atoms with Crippen molar-refractivity contribution in [3.63, 3.8) is 0 Å². The number of aromatic amines is 2. The number of aromatic nitrogens is 5. The molecule has 1 fully saturated rings. The van der Waals surface area contributed by atoms with E-state index in [2.05, 4.69) is 38.4 Å². The number of rotatable bonds is 3. The number of hydrogen-bond acceptors (Lipinski definition) is 5. The van der Waals surface area contributed by atoms with E-state index in [0.29, 0.717) is 31.3 Å². The molecule has 3 aromatic rings. The van der Waals surface area contributed by atoms with E-state index in [1.165, 1.54) is 11.9 Å². The van der Waals surface area contributed by atoms with Crippen LogP contribution in [0.1, 0.15) is 33.5 Å². The summed E-state index contributed by atoms with van der Waals surface area (Å²) in [5.74, 6) is 0.491. The van der Waals surface area contributed by atoms with Crippen LogP contribution in [0.15, 0.2) is 30.6 Å². The molecule has 1 saturated heterocycles. The smallest absolute Gasteiger partial charge is 0.272 e. The van der Waals surface area contributed by atoms with E-state index in [-0.39, 0.29) is 11.9 Å². The summed E-state index contributed by atoms with van der Waals surface area (Å²) in [5, 5.41) is 13.9. The number of carbonyl (C=O) groups excluding carboxylic acids is 1. The Hall–Kier alpha value is -3.00. The molecular weight excluding hydrogens is 332 g/mol. The fourth-order valence-electron chi connectivity index (χ4n) is 3.27. The van der Waals surface area contributed by atoms with Crippen molar-refractivity contribution >= 4 is 5.91 Å². The van der Waals surface area contributed by atoms with Crippen LogP contribution in [0.3, 0.4) is 0 Å². The summed E-state index contributed by atoms with van der Waals surface area (Å²) in [6.45, 7) is 5.47. The second-order valence-corrected chi connectivity index (χ2v) is 6.45. The van der Waals surface area contributed by atoms with Gasteiger partial charge in [-0.3, -0.25) is 15.0 Å². The van der Waals surface area contributed by atoms with Gasteiger partial charge in [0.15, 0.2) is 0 Å². The Morgan fingerprint density at radius 1 is 1.27 bits per heavy atom. The normalized spacial score (nSPS) is 17.5. The molecule has 1 atom stereocenters. The monoisotopic (exact) mass is 352 g/mol. The molecule has 8 nitrogen and oxygen atoms in total. The fourth-order valence-corrected chi connectivity index (χ4v) is 3.27. The van der Waals surface area contributed by atoms with Crippen molar-refractivity contribution in [2.75, 3.05) is 19.8 Å². The lowest BCUT2D eigenvalue weighted by Crippen LogP contribution is -2.44. The zero-order valence-corrected chi connectivity index (χ0v) is 14.7. The predicted octanol–water partition coefficient (Wildman–Crippen LogP) is 2.03. The first-order valence-electron chi connectivity index (χ1n) is 8.50. The molecule has 2 N–H and O–H groups in total. The molecule has 0 radical (unpaired) electrons. The van der Waals surface area contributed by atoms with Gasteiger partial charge in [-0.15, -0.1) is 0 Å². The van der Waals surface area contributed by atoms with Crippen molar-refractivity contribution in [3.05, 3.63) is 53.2 Å². The Bertz CT molecular complexity index is 918. The molecule has 0 saturated carbocycles. The highest BCUT2D eigenvalue weighted by Crippen LogP contribution is 2.26. The molecule has 134 valence electrons. The molecule has 26 heavy (non-hydrogen) atoms. The van der Waals surface area contributed by atoms with Crippen molar-refractivity contribution in [1.29, 1.82) is 0 Å². The van der Waals surface area contributed by atoms with Crippen LogP contribution < -0.4 is 0 Å². The number of morpholine rings is 1. The van der Waals surface area contributed by atoms with Gasteiger partial charge in [0.05, 0.1) is 18.9 Å². The van der Waals surface area contributed by atoms with Gasteiger partial charge in [-0.25, -0.2) is 4.98 Å². The van der Waals surface area contributed by atoms with Gasteiger partial charge in [0.2, 0.25) is 0 Å². The van der Waals surface area contributed by atoms with Crippen LogP contribution in [-0.4, -0.2) is 55.9 Å². The van der Waals surface area contributed by atoms with Crippen LogP contribution in [0.2, 0.25) is 0 Å². The molecule has 1 aliphatic heterocycles. The molecule has 1 aromatic carbocycles. The number of nitrogens with zero attached hydrogens (tertiary/aromatic N) is 4. The number of H-pyrrole nitrogens is 2. The Kier molecular flexibility index (Phi) is 4.26. The molecule has 0 aliphatic carbocycles. The average molecular weight is 352 g/mol. The second kappa shape index (κ2) is 6.72. The lowest BCUT2D eigenvalue weighted by Gasteiger charge is -2.33. The first-order valence-corrected chi connectivity index (χ1v) is 8.50. The molecule has 0 spiro atoms. The van der Waals surface area contributed by atoms with Gasteiger partial charge in [-0.2, -0.15) is 10.2 Å². The average Bonchev–Trinajstić information content (AvgIpc) is 3.33. The quantitative estimate of drug-likeness (QED) is 0.751. The van der Waals surface area contributed by atoms with Gasteiger partial charge in [0.25, 0.3) is 5.91 Å². The van der Waals surface area contributed by atoms with Crippen LogP contribution in [0.5, 0.6) is 0 Å². The summed E-state index contributed by atoms with van der Waals surface area (Å²) in [6, 6.07) is 7.69. The highest BCUT2D eigenvalue weighted by atomic mass is 16.5. The Balaban J connectivity index is 1.61. The van der Waals surface area contributed by atoms with Crippen molar-refractivity contribution < 1.29 is 9.53 Å². The molecule has 1 aliphatic rings. The van der Waals surface area contributed by atoms with Crippen molar-refractivity contribution in [1.82, 2.24) is 30.3 Å². The summed E-state index contributed by atoms with van der Waals surface area (Å²) >= 11 is 0. The van der Waals surface area contributed by atoms with E-state index in [1.54, 1.807) is 11.0 Å². The number of benzene rings is 1. The molecule has 4 rings (SSSR count). The van der Waals surface area contributed by atoms with Gasteiger partial charge in [-0.05, 0) is 25.5 Å². The number of ether oxygens (including phenoxy) is 1. The van der Waals surface area contributed by atoms with Crippen molar-refractivity contribution in [3.8, 4) is 11.3 Å². The molecule has 3 heterocycles. The summed E-state index contributed by atoms with van der Waals surface area (Å²) in [7, 11) is 0. The minimum absolute atomic E-state index is 0.127. The van der Waals surface area contributed by atoms with E-state index < -0.39 is 0 Å². The van der Waals surface area contributed by atoms with Gasteiger partial charge in [0, 0.05) is 12.1 Å². The van der Waals surface area contributed by atoms with E-state index in [0.717, 1.165) is 16.8 Å². The zero-order valence-electron chi connectivity index (χ0n) is 14.7. The second-order valence-electron chi connectivity index (χ2n) is 6.45. The minimum Gasteiger partial charge on any atom is -0.377 e. The summed E-state index contributed by atoms with van der Waals surface area (Å²) < 4.78 is 5.52. The predicted molar refractivity (Wildman–Crippen MR) is 94.5 cm³/mol. The Morgan fingerprint density at radius 2 is 2.15 bits per heavy atom. The topological polar surface area (TPSA) is 99.8 Å². The van der Waals surface area contributed by atoms with Crippen molar-refractivity contribution in [2.45, 2.75) is 19.9 Å². The van der Waals surface area contributed by atoms with Gasteiger partial charge in [-0.1, -0.05) is 23.8 Å². The van der Waals surface area contributed by atoms with Crippen LogP contribution in [-0.2, 0) is 4.74 Å². The Labute approximate surface area is 150 Å². The lowest BCUT2D eigenvalue weighted by molar-refractivity contribution is -0.00542. The molecule has 2 aromatic heterocycles. The third kappa shape index (κ3) is 2.99. The van der Waals surface area contributed by atoms with Crippen LogP contribution in [0.25, 0.3) is 11.3 Å². The molecule has 1 unspecified atom stereocenters. The Morgan fingerprint density at radius 3 is 2.92 bits per heavy atom. The standard InChI is InChI=1S/C18H20N6O2/c1-11-3-4-13(12(2)7-11)14-8-15(22-21-14)18(25)24-5-6-26-9-16(24)17-19-10-20-23-17/h3-4,7-8,10,16H,5-6,9H2,1-2H3,(H,21,22)(H,19,20,23). The van der Waals surface area contributed by atoms with Crippen LogP contribution in [0.4, 0.5) is 0 Å². The SMILES string of the molecule is Cc1ccc(-c2cc(C(=O)N3CCOCC3c3ncn[nH]3)[nH]n2)c(C)c1. The molecule has 0 bridgehead atoms. The molecular formula is C18H20N6O2. The zero-order chi connectivity index (χ0) is 18.1. The number of amides is 1. The first kappa shape index (κ1) is 16.5. The van der Waals surface area contributed by atoms with E-state index in [4.69, 9.17) is 4.74 Å². The number of hydrogen-bond donors (Lipinski definition) is 2. The number of aryl methyl sites for hydroxylation is 2. The van der Waals surface area contributed by atoms with E-state index in [9.17, 15) is 4.79 Å². The van der Waals surface area contributed by atoms with Gasteiger partial charge in [0.1, 0.15) is 23.9 Å². The third-order valence-electron chi connectivity index (χ3n) is 4.60. The molecule has 1 amide bonds. The lowest BCUT2D eigenvalue weighted by atomic mass is 10.0. The highest BCUT2D eigenvalue weighted by molar-refractivity contribution is 5.93. The summed E-state index contributed by atoms with van der Waals surface area (Å²) in [6.07, 6.45) is 1.43. The minimum atomic E-state index is -0.286. The summed E-state index contributed by atoms with van der Waals surface area (Å²) in [5.41, 5.74) is 4.55. The van der Waals surface area contributed by atoms with Crippen molar-refractivity contribution in [2.24, 2.45) is 0 Å². The maximum absolute atomic E-state index is 13.0. The van der Waals surface area contributed by atoms with Gasteiger partial charge < -0.3 is 9.64 Å². The highest BCUT2D eigenvalue weighted by Gasteiger charge is 2.32. The van der Waals surface area contributed by atoms with Crippen LogP contribution >= 0.6 is 0 Å². The van der Waals surface area contributed by atoms with E-state index in [1.807, 2.05) is 19.1 Å². The third-order valence-corrected chi connectivity index (χ3v) is 4.60. The maximum atomic E-state index is 13.0. The summed E-state index contributed by atoms with van der Waals surface area (Å²) in [4.78, 5) is 18.9. The first-order chi connectivity index (χ1) is 12.6. The fraction of sp³-hybridized carbons (Fsp3) is 0.333. The van der Waals surface area contributed by atoms with Gasteiger partial charge >= 0.3 is 0 Å². The number of nitrogens with one attached hydrogen (secondary N) is 2. The van der Waals surface area contributed by atoms with E-state index >= 15 is 0 Å².